The quantitative estimate of drug-likeness (QED) is 0.889. The summed E-state index contributed by atoms with van der Waals surface area (Å²) >= 11 is 3.42. The standard InChI is InChI=1S/C16H20BrNO4/c1-20-11-3-4-13(17)12(9-11)16(19)18-10-2-5-14-15(8-10)22-7-6-21-14/h3-4,9-10,14-15H,2,5-8H2,1H3,(H,18,19). The van der Waals surface area contributed by atoms with E-state index in [0.29, 0.717) is 24.5 Å². The van der Waals surface area contributed by atoms with Gasteiger partial charge in [-0.15, -0.1) is 0 Å². The normalized spacial score (nSPS) is 27.8. The van der Waals surface area contributed by atoms with Crippen molar-refractivity contribution in [1.29, 1.82) is 0 Å². The number of carbonyl (C=O) groups excluding carboxylic acids is 1. The van der Waals surface area contributed by atoms with Gasteiger partial charge in [0.1, 0.15) is 5.75 Å². The molecular weight excluding hydrogens is 350 g/mol. The number of methoxy groups -OCH3 is 1. The molecule has 6 heteroatoms. The van der Waals surface area contributed by atoms with E-state index in [4.69, 9.17) is 14.2 Å². The minimum absolute atomic E-state index is 0.0917. The molecule has 3 rings (SSSR count). The summed E-state index contributed by atoms with van der Waals surface area (Å²) in [6.45, 7) is 1.32. The molecule has 120 valence electrons. The van der Waals surface area contributed by atoms with Crippen molar-refractivity contribution in [2.75, 3.05) is 20.3 Å². The summed E-state index contributed by atoms with van der Waals surface area (Å²) in [6.07, 6.45) is 2.93. The molecule has 1 saturated carbocycles. The van der Waals surface area contributed by atoms with Crippen molar-refractivity contribution in [3.8, 4) is 5.75 Å². The molecule has 0 radical (unpaired) electrons. The first-order valence-electron chi connectivity index (χ1n) is 7.55. The minimum Gasteiger partial charge on any atom is -0.497 e. The molecule has 1 aromatic carbocycles. The van der Waals surface area contributed by atoms with E-state index in [1.807, 2.05) is 12.1 Å². The minimum atomic E-state index is -0.0917. The lowest BCUT2D eigenvalue weighted by atomic mass is 9.89. The predicted molar refractivity (Wildman–Crippen MR) is 85.3 cm³/mol. The highest BCUT2D eigenvalue weighted by atomic mass is 79.9. The predicted octanol–water partition coefficient (Wildman–Crippen LogP) is 2.52. The molecule has 1 heterocycles. The highest BCUT2D eigenvalue weighted by molar-refractivity contribution is 9.10. The first-order valence-corrected chi connectivity index (χ1v) is 8.34. The van der Waals surface area contributed by atoms with E-state index in [2.05, 4.69) is 21.2 Å². The average Bonchev–Trinajstić information content (AvgIpc) is 2.55. The zero-order valence-corrected chi connectivity index (χ0v) is 14.1. The van der Waals surface area contributed by atoms with Crippen LogP contribution in [-0.2, 0) is 9.47 Å². The van der Waals surface area contributed by atoms with E-state index >= 15 is 0 Å². The number of amides is 1. The van der Waals surface area contributed by atoms with Crippen LogP contribution in [0.15, 0.2) is 22.7 Å². The number of hydrogen-bond donors (Lipinski definition) is 1. The van der Waals surface area contributed by atoms with E-state index in [-0.39, 0.29) is 24.2 Å². The number of hydrogen-bond acceptors (Lipinski definition) is 4. The Morgan fingerprint density at radius 2 is 2.05 bits per heavy atom. The third-order valence-electron chi connectivity index (χ3n) is 4.23. The second kappa shape index (κ2) is 6.98. The van der Waals surface area contributed by atoms with E-state index in [0.717, 1.165) is 23.7 Å². The van der Waals surface area contributed by atoms with Crippen molar-refractivity contribution >= 4 is 21.8 Å². The third-order valence-corrected chi connectivity index (χ3v) is 4.92. The molecule has 1 saturated heterocycles. The van der Waals surface area contributed by atoms with Gasteiger partial charge in [0.2, 0.25) is 0 Å². The maximum Gasteiger partial charge on any atom is 0.252 e. The molecule has 5 nitrogen and oxygen atoms in total. The Hall–Kier alpha value is -1.11. The monoisotopic (exact) mass is 369 g/mol. The first-order chi connectivity index (χ1) is 10.7. The lowest BCUT2D eigenvalue weighted by Crippen LogP contribution is -2.49. The highest BCUT2D eigenvalue weighted by Gasteiger charge is 2.34. The second-order valence-electron chi connectivity index (χ2n) is 5.65. The van der Waals surface area contributed by atoms with Crippen molar-refractivity contribution in [3.05, 3.63) is 28.2 Å². The van der Waals surface area contributed by atoms with Crippen molar-refractivity contribution in [2.45, 2.75) is 37.5 Å². The molecule has 0 bridgehead atoms. The summed E-state index contributed by atoms with van der Waals surface area (Å²) in [5.74, 6) is 0.576. The molecule has 1 aromatic rings. The molecular formula is C16H20BrNO4. The first kappa shape index (κ1) is 15.8. The largest absolute Gasteiger partial charge is 0.497 e. The Kier molecular flexibility index (Phi) is 5.00. The van der Waals surface area contributed by atoms with Crippen LogP contribution in [0, 0.1) is 0 Å². The number of rotatable bonds is 3. The molecule has 1 N–H and O–H groups in total. The Balaban J connectivity index is 1.64. The van der Waals surface area contributed by atoms with Gasteiger partial charge in [0.15, 0.2) is 0 Å². The molecule has 2 aliphatic rings. The Morgan fingerprint density at radius 3 is 2.82 bits per heavy atom. The van der Waals surface area contributed by atoms with Crippen LogP contribution >= 0.6 is 15.9 Å². The van der Waals surface area contributed by atoms with E-state index in [1.54, 1.807) is 13.2 Å². The van der Waals surface area contributed by atoms with Gasteiger partial charge in [-0.05, 0) is 53.4 Å². The van der Waals surface area contributed by atoms with Crippen LogP contribution in [0.2, 0.25) is 0 Å². The van der Waals surface area contributed by atoms with Gasteiger partial charge in [-0.2, -0.15) is 0 Å². The van der Waals surface area contributed by atoms with Gasteiger partial charge < -0.3 is 19.5 Å². The molecule has 3 atom stereocenters. The summed E-state index contributed by atoms with van der Waals surface area (Å²) in [7, 11) is 1.59. The number of benzene rings is 1. The highest BCUT2D eigenvalue weighted by Crippen LogP contribution is 2.28. The molecule has 1 amide bonds. The van der Waals surface area contributed by atoms with Crippen molar-refractivity contribution in [3.63, 3.8) is 0 Å². The van der Waals surface area contributed by atoms with Gasteiger partial charge in [0, 0.05) is 10.5 Å². The molecule has 2 fully saturated rings. The van der Waals surface area contributed by atoms with Gasteiger partial charge in [0.25, 0.3) is 5.91 Å². The van der Waals surface area contributed by atoms with Crippen LogP contribution in [-0.4, -0.2) is 44.5 Å². The molecule has 0 aromatic heterocycles. The van der Waals surface area contributed by atoms with Crippen LogP contribution < -0.4 is 10.1 Å². The zero-order valence-electron chi connectivity index (χ0n) is 12.5. The zero-order chi connectivity index (χ0) is 15.5. The summed E-state index contributed by atoms with van der Waals surface area (Å²) < 4.78 is 17.4. The Morgan fingerprint density at radius 1 is 1.27 bits per heavy atom. The van der Waals surface area contributed by atoms with Crippen LogP contribution in [0.1, 0.15) is 29.6 Å². The number of fused-ring (bicyclic) bond motifs is 1. The van der Waals surface area contributed by atoms with E-state index < -0.39 is 0 Å². The fourth-order valence-electron chi connectivity index (χ4n) is 3.07. The van der Waals surface area contributed by atoms with Crippen LogP contribution in [0.3, 0.4) is 0 Å². The number of halogens is 1. The average molecular weight is 370 g/mol. The van der Waals surface area contributed by atoms with Gasteiger partial charge >= 0.3 is 0 Å². The van der Waals surface area contributed by atoms with Gasteiger partial charge in [-0.25, -0.2) is 0 Å². The molecule has 3 unspecified atom stereocenters. The summed E-state index contributed by atoms with van der Waals surface area (Å²) in [6, 6.07) is 5.50. The van der Waals surface area contributed by atoms with Gasteiger partial charge in [-0.3, -0.25) is 4.79 Å². The molecule has 0 spiro atoms. The van der Waals surface area contributed by atoms with Crippen molar-refractivity contribution in [2.24, 2.45) is 0 Å². The Labute approximate surface area is 138 Å². The van der Waals surface area contributed by atoms with Gasteiger partial charge in [0.05, 0.1) is 38.1 Å². The summed E-state index contributed by atoms with van der Waals surface area (Å²) in [5.41, 5.74) is 0.585. The Bertz CT molecular complexity index is 551. The van der Waals surface area contributed by atoms with Crippen LogP contribution in [0.5, 0.6) is 5.75 Å². The summed E-state index contributed by atoms with van der Waals surface area (Å²) in [5, 5.41) is 3.10. The maximum absolute atomic E-state index is 12.5. The maximum atomic E-state index is 12.5. The third kappa shape index (κ3) is 3.45. The fourth-order valence-corrected chi connectivity index (χ4v) is 3.49. The van der Waals surface area contributed by atoms with E-state index in [9.17, 15) is 4.79 Å². The van der Waals surface area contributed by atoms with Gasteiger partial charge in [-0.1, -0.05) is 0 Å². The smallest absolute Gasteiger partial charge is 0.252 e. The van der Waals surface area contributed by atoms with Crippen LogP contribution in [0.4, 0.5) is 0 Å². The number of nitrogens with one attached hydrogen (secondary N) is 1. The molecule has 1 aliphatic carbocycles. The fraction of sp³-hybridized carbons (Fsp3) is 0.562. The summed E-state index contributed by atoms with van der Waals surface area (Å²) in [4.78, 5) is 12.5. The number of carbonyl (C=O) groups is 1. The van der Waals surface area contributed by atoms with E-state index in [1.165, 1.54) is 0 Å². The lowest BCUT2D eigenvalue weighted by Gasteiger charge is -2.39. The lowest BCUT2D eigenvalue weighted by molar-refractivity contribution is -0.157. The van der Waals surface area contributed by atoms with Crippen molar-refractivity contribution in [1.82, 2.24) is 5.32 Å². The molecule has 1 aliphatic heterocycles. The SMILES string of the molecule is COc1ccc(Br)c(C(=O)NC2CCC3OCCOC3C2)c1. The molecule has 22 heavy (non-hydrogen) atoms. The number of ether oxygens (including phenoxy) is 3. The topological polar surface area (TPSA) is 56.8 Å². The van der Waals surface area contributed by atoms with Crippen molar-refractivity contribution < 1.29 is 19.0 Å². The second-order valence-corrected chi connectivity index (χ2v) is 6.50. The van der Waals surface area contributed by atoms with Crippen LogP contribution in [0.25, 0.3) is 0 Å².